The number of nitrogens with zero attached hydrogens (tertiary/aromatic N) is 6. The molecule has 2 aliphatic rings. The van der Waals surface area contributed by atoms with E-state index in [4.69, 9.17) is 4.74 Å². The van der Waals surface area contributed by atoms with Crippen molar-refractivity contribution in [2.75, 3.05) is 36.5 Å². The molecule has 2 saturated heterocycles. The average Bonchev–Trinajstić information content (AvgIpc) is 3.27. The minimum absolute atomic E-state index is 0.0227. The molecule has 0 bridgehead atoms. The molecule has 2 aromatic heterocycles. The summed E-state index contributed by atoms with van der Waals surface area (Å²) in [6.45, 7) is 2.43. The summed E-state index contributed by atoms with van der Waals surface area (Å²) in [5.41, 5.74) is 0.854. The number of carbonyl (C=O) groups is 1. The Morgan fingerprint density at radius 3 is 2.92 bits per heavy atom. The minimum atomic E-state index is -0.0227. The lowest BCUT2D eigenvalue weighted by Crippen LogP contribution is -2.31. The molecule has 2 aliphatic heterocycles. The summed E-state index contributed by atoms with van der Waals surface area (Å²) >= 11 is 0. The highest BCUT2D eigenvalue weighted by atomic mass is 16.5. The fourth-order valence-corrected chi connectivity index (χ4v) is 3.70. The number of aryl methyl sites for hydroxylation is 1. The van der Waals surface area contributed by atoms with E-state index < -0.39 is 0 Å². The van der Waals surface area contributed by atoms with Crippen molar-refractivity contribution in [2.45, 2.75) is 12.8 Å². The fraction of sp³-hybridized carbons (Fsp3) is 0.500. The van der Waals surface area contributed by atoms with Gasteiger partial charge in [-0.1, -0.05) is 0 Å². The van der Waals surface area contributed by atoms with Gasteiger partial charge in [-0.15, -0.1) is 0 Å². The van der Waals surface area contributed by atoms with Crippen LogP contribution in [0.4, 0.5) is 11.5 Å². The molecule has 1 amide bonds. The van der Waals surface area contributed by atoms with E-state index in [1.54, 1.807) is 18.0 Å². The lowest BCUT2D eigenvalue weighted by molar-refractivity contribution is -0.117. The molecule has 8 heteroatoms. The molecule has 0 aliphatic carbocycles. The van der Waals surface area contributed by atoms with Crippen LogP contribution >= 0.6 is 0 Å². The third-order valence-electron chi connectivity index (χ3n) is 4.92. The Morgan fingerprint density at radius 1 is 1.29 bits per heavy atom. The Morgan fingerprint density at radius 2 is 2.17 bits per heavy atom. The van der Waals surface area contributed by atoms with Gasteiger partial charge in [0, 0.05) is 50.8 Å². The van der Waals surface area contributed by atoms with Gasteiger partial charge in [0.1, 0.15) is 12.1 Å². The van der Waals surface area contributed by atoms with Crippen LogP contribution in [-0.2, 0) is 11.8 Å². The number of aromatic nitrogens is 4. The SMILES string of the molecule is COc1cc(N2CC[C@]3(CC(=O)N(c4cnn(C)c4)C3)C2)ncn1. The zero-order valence-corrected chi connectivity index (χ0v) is 13.8. The van der Waals surface area contributed by atoms with E-state index in [0.29, 0.717) is 12.3 Å². The largest absolute Gasteiger partial charge is 0.481 e. The summed E-state index contributed by atoms with van der Waals surface area (Å²) in [6.07, 6.45) is 6.70. The molecule has 0 radical (unpaired) electrons. The van der Waals surface area contributed by atoms with Gasteiger partial charge in [-0.25, -0.2) is 9.97 Å². The van der Waals surface area contributed by atoms with Crippen molar-refractivity contribution in [3.63, 3.8) is 0 Å². The second-order valence-corrected chi connectivity index (χ2v) is 6.62. The second-order valence-electron chi connectivity index (χ2n) is 6.62. The third kappa shape index (κ3) is 2.47. The molecule has 2 fully saturated rings. The van der Waals surface area contributed by atoms with Gasteiger partial charge in [-0.05, 0) is 6.42 Å². The van der Waals surface area contributed by atoms with Crippen LogP contribution in [0.3, 0.4) is 0 Å². The number of carbonyl (C=O) groups excluding carboxylic acids is 1. The molecule has 4 rings (SSSR count). The van der Waals surface area contributed by atoms with Crippen LogP contribution in [0, 0.1) is 5.41 Å². The van der Waals surface area contributed by atoms with Gasteiger partial charge in [0.05, 0.1) is 19.0 Å². The number of hydrogen-bond acceptors (Lipinski definition) is 6. The molecule has 8 nitrogen and oxygen atoms in total. The predicted molar refractivity (Wildman–Crippen MR) is 88.0 cm³/mol. The fourth-order valence-electron chi connectivity index (χ4n) is 3.70. The predicted octanol–water partition coefficient (Wildman–Crippen LogP) is 0.852. The lowest BCUT2D eigenvalue weighted by atomic mass is 9.86. The van der Waals surface area contributed by atoms with Crippen molar-refractivity contribution in [3.05, 3.63) is 24.8 Å². The molecule has 0 saturated carbocycles. The van der Waals surface area contributed by atoms with Gasteiger partial charge >= 0.3 is 0 Å². The van der Waals surface area contributed by atoms with Crippen LogP contribution in [-0.4, -0.2) is 52.4 Å². The highest BCUT2D eigenvalue weighted by molar-refractivity contribution is 5.96. The number of anilines is 2. The molecule has 1 atom stereocenters. The summed E-state index contributed by atoms with van der Waals surface area (Å²) in [5.74, 6) is 1.58. The zero-order valence-electron chi connectivity index (χ0n) is 13.8. The molecule has 126 valence electrons. The van der Waals surface area contributed by atoms with E-state index in [-0.39, 0.29) is 11.3 Å². The topological polar surface area (TPSA) is 76.4 Å². The molecule has 0 aromatic carbocycles. The quantitative estimate of drug-likeness (QED) is 0.831. The van der Waals surface area contributed by atoms with E-state index in [1.807, 2.05) is 24.2 Å². The van der Waals surface area contributed by atoms with E-state index in [2.05, 4.69) is 20.0 Å². The van der Waals surface area contributed by atoms with Crippen LogP contribution in [0.25, 0.3) is 0 Å². The number of amides is 1. The van der Waals surface area contributed by atoms with Gasteiger partial charge in [0.25, 0.3) is 0 Å². The van der Waals surface area contributed by atoms with Crippen molar-refractivity contribution in [3.8, 4) is 5.88 Å². The first-order valence-corrected chi connectivity index (χ1v) is 7.99. The van der Waals surface area contributed by atoms with Gasteiger partial charge in [-0.2, -0.15) is 5.10 Å². The first-order valence-electron chi connectivity index (χ1n) is 7.99. The number of hydrogen-bond donors (Lipinski definition) is 0. The molecule has 2 aromatic rings. The Bertz CT molecular complexity index is 775. The summed E-state index contributed by atoms with van der Waals surface area (Å²) < 4.78 is 6.90. The minimum Gasteiger partial charge on any atom is -0.481 e. The van der Waals surface area contributed by atoms with Crippen molar-refractivity contribution in [2.24, 2.45) is 12.5 Å². The van der Waals surface area contributed by atoms with E-state index in [1.165, 1.54) is 6.33 Å². The standard InChI is InChI=1S/C16H20N6O2/c1-20-8-12(7-19-20)22-10-16(6-15(22)23)3-4-21(9-16)13-5-14(24-2)18-11-17-13/h5,7-8,11H,3-4,6,9-10H2,1-2H3/t16-/m0/s1. The number of methoxy groups -OCH3 is 1. The smallest absolute Gasteiger partial charge is 0.227 e. The third-order valence-corrected chi connectivity index (χ3v) is 4.92. The molecule has 0 N–H and O–H groups in total. The number of ether oxygens (including phenoxy) is 1. The zero-order chi connectivity index (χ0) is 16.7. The molecule has 0 unspecified atom stereocenters. The summed E-state index contributed by atoms with van der Waals surface area (Å²) in [7, 11) is 3.46. The number of rotatable bonds is 3. The van der Waals surface area contributed by atoms with Gasteiger partial charge in [0.2, 0.25) is 11.8 Å². The highest BCUT2D eigenvalue weighted by Gasteiger charge is 2.48. The van der Waals surface area contributed by atoms with E-state index in [0.717, 1.165) is 37.6 Å². The summed E-state index contributed by atoms with van der Waals surface area (Å²) in [5, 5.41) is 4.17. The van der Waals surface area contributed by atoms with Crippen LogP contribution in [0.2, 0.25) is 0 Å². The molecular weight excluding hydrogens is 308 g/mol. The monoisotopic (exact) mass is 328 g/mol. The van der Waals surface area contributed by atoms with Crippen molar-refractivity contribution in [1.82, 2.24) is 19.7 Å². The van der Waals surface area contributed by atoms with Crippen molar-refractivity contribution >= 4 is 17.4 Å². The van der Waals surface area contributed by atoms with Crippen LogP contribution in [0.5, 0.6) is 5.88 Å². The van der Waals surface area contributed by atoms with Crippen LogP contribution in [0.1, 0.15) is 12.8 Å². The molecule has 1 spiro atoms. The molecule has 24 heavy (non-hydrogen) atoms. The van der Waals surface area contributed by atoms with E-state index in [9.17, 15) is 4.79 Å². The summed E-state index contributed by atoms with van der Waals surface area (Å²) in [4.78, 5) is 25.0. The van der Waals surface area contributed by atoms with Crippen LogP contribution in [0.15, 0.2) is 24.8 Å². The van der Waals surface area contributed by atoms with Crippen LogP contribution < -0.4 is 14.5 Å². The Hall–Kier alpha value is -2.64. The molecular formula is C16H20N6O2. The average molecular weight is 328 g/mol. The first kappa shape index (κ1) is 14.9. The molecule has 4 heterocycles. The maximum absolute atomic E-state index is 12.5. The second kappa shape index (κ2) is 5.47. The van der Waals surface area contributed by atoms with Gasteiger partial charge in [0.15, 0.2) is 0 Å². The highest BCUT2D eigenvalue weighted by Crippen LogP contribution is 2.42. The first-order chi connectivity index (χ1) is 11.6. The Balaban J connectivity index is 1.52. The Kier molecular flexibility index (Phi) is 3.40. The van der Waals surface area contributed by atoms with Gasteiger partial charge < -0.3 is 14.5 Å². The maximum Gasteiger partial charge on any atom is 0.227 e. The summed E-state index contributed by atoms with van der Waals surface area (Å²) in [6, 6.07) is 1.84. The Labute approximate surface area is 140 Å². The maximum atomic E-state index is 12.5. The van der Waals surface area contributed by atoms with E-state index >= 15 is 0 Å². The van der Waals surface area contributed by atoms with Crippen molar-refractivity contribution < 1.29 is 9.53 Å². The van der Waals surface area contributed by atoms with Crippen molar-refractivity contribution in [1.29, 1.82) is 0 Å². The van der Waals surface area contributed by atoms with Gasteiger partial charge in [-0.3, -0.25) is 9.48 Å². The lowest BCUT2D eigenvalue weighted by Gasteiger charge is -2.24. The normalized spacial score (nSPS) is 23.5.